The third kappa shape index (κ3) is 9.86. The number of carbonyl (C=O) groups is 1. The third-order valence-corrected chi connectivity index (χ3v) is 2.99. The number of rotatable bonds is 1. The number of nitrogens with zero attached hydrogens (tertiary/aromatic N) is 1. The Labute approximate surface area is 132 Å². The molecule has 7 heteroatoms. The molecular weight excluding hydrogens is 290 g/mol. The second-order valence-electron chi connectivity index (χ2n) is 4.59. The quantitative estimate of drug-likeness (QED) is 0.639. The van der Waals surface area contributed by atoms with Crippen molar-refractivity contribution in [2.24, 2.45) is 0 Å². The van der Waals surface area contributed by atoms with Crippen molar-refractivity contribution in [3.8, 4) is 0 Å². The molecule has 7 nitrogen and oxygen atoms in total. The highest BCUT2D eigenvalue weighted by Crippen LogP contribution is 1.94. The van der Waals surface area contributed by atoms with Crippen LogP contribution in [0.5, 0.6) is 0 Å². The van der Waals surface area contributed by atoms with Gasteiger partial charge in [0.15, 0.2) is 0 Å². The van der Waals surface area contributed by atoms with Crippen LogP contribution in [0.2, 0.25) is 0 Å². The van der Waals surface area contributed by atoms with Gasteiger partial charge in [0.2, 0.25) is 5.91 Å². The lowest BCUT2D eigenvalue weighted by atomic mass is 10.4. The predicted octanol–water partition coefficient (Wildman–Crippen LogP) is 0.0976. The summed E-state index contributed by atoms with van der Waals surface area (Å²) in [4.78, 5) is 13.4. The summed E-state index contributed by atoms with van der Waals surface area (Å²) in [6.45, 7) is 9.62. The SMILES string of the molecule is C=CC(=O)N1CCOCCOCCOCCOCCOCC1. The summed E-state index contributed by atoms with van der Waals surface area (Å²) in [7, 11) is 0. The molecule has 0 aromatic heterocycles. The molecule has 1 fully saturated rings. The maximum Gasteiger partial charge on any atom is 0.246 e. The summed E-state index contributed by atoms with van der Waals surface area (Å²) in [5.41, 5.74) is 0. The first-order valence-corrected chi connectivity index (χ1v) is 7.64. The molecule has 0 bridgehead atoms. The minimum Gasteiger partial charge on any atom is -0.377 e. The fourth-order valence-electron chi connectivity index (χ4n) is 1.79. The molecule has 0 N–H and O–H groups in total. The van der Waals surface area contributed by atoms with Crippen LogP contribution in [0.3, 0.4) is 0 Å². The average molecular weight is 317 g/mol. The zero-order valence-electron chi connectivity index (χ0n) is 13.2. The van der Waals surface area contributed by atoms with Crippen molar-refractivity contribution in [2.45, 2.75) is 0 Å². The molecule has 22 heavy (non-hydrogen) atoms. The van der Waals surface area contributed by atoms with E-state index in [0.29, 0.717) is 79.2 Å². The highest BCUT2D eigenvalue weighted by molar-refractivity contribution is 5.86. The van der Waals surface area contributed by atoms with Gasteiger partial charge in [-0.05, 0) is 6.08 Å². The molecule has 0 radical (unpaired) electrons. The summed E-state index contributed by atoms with van der Waals surface area (Å²) in [6.07, 6.45) is 1.30. The zero-order valence-corrected chi connectivity index (χ0v) is 13.2. The van der Waals surface area contributed by atoms with E-state index in [1.54, 1.807) is 4.90 Å². The number of carbonyl (C=O) groups excluding carboxylic acids is 1. The van der Waals surface area contributed by atoms with Crippen molar-refractivity contribution in [1.82, 2.24) is 4.90 Å². The highest BCUT2D eigenvalue weighted by Gasteiger charge is 2.09. The Morgan fingerprint density at radius 2 is 1.00 bits per heavy atom. The molecule has 1 saturated heterocycles. The summed E-state index contributed by atoms with van der Waals surface area (Å²) >= 11 is 0. The van der Waals surface area contributed by atoms with Gasteiger partial charge in [-0.2, -0.15) is 0 Å². The standard InChI is InChI=1S/C15H27NO6/c1-2-15(17)16-3-5-18-7-9-20-11-13-22-14-12-21-10-8-19-6-4-16/h2H,1,3-14H2. The molecule has 0 saturated carbocycles. The van der Waals surface area contributed by atoms with Crippen molar-refractivity contribution < 1.29 is 28.5 Å². The van der Waals surface area contributed by atoms with Crippen LogP contribution >= 0.6 is 0 Å². The topological polar surface area (TPSA) is 66.5 Å². The van der Waals surface area contributed by atoms with E-state index in [2.05, 4.69) is 6.58 Å². The zero-order chi connectivity index (χ0) is 15.9. The molecule has 1 rings (SSSR count). The van der Waals surface area contributed by atoms with Crippen LogP contribution in [-0.2, 0) is 28.5 Å². The lowest BCUT2D eigenvalue weighted by Gasteiger charge is -2.21. The van der Waals surface area contributed by atoms with Crippen LogP contribution in [-0.4, -0.2) is 90.0 Å². The van der Waals surface area contributed by atoms with E-state index in [1.807, 2.05) is 0 Å². The van der Waals surface area contributed by atoms with Crippen LogP contribution < -0.4 is 0 Å². The second kappa shape index (κ2) is 13.7. The fourth-order valence-corrected chi connectivity index (χ4v) is 1.79. The Balaban J connectivity index is 2.29. The van der Waals surface area contributed by atoms with Crippen LogP contribution in [0.15, 0.2) is 12.7 Å². The van der Waals surface area contributed by atoms with Gasteiger partial charge in [-0.25, -0.2) is 0 Å². The lowest BCUT2D eigenvalue weighted by Crippen LogP contribution is -2.36. The molecule has 1 amide bonds. The first kappa shape index (κ1) is 19.1. The summed E-state index contributed by atoms with van der Waals surface area (Å²) in [6, 6.07) is 0. The average Bonchev–Trinajstić information content (AvgIpc) is 2.54. The molecule has 0 aromatic rings. The highest BCUT2D eigenvalue weighted by atomic mass is 16.6. The predicted molar refractivity (Wildman–Crippen MR) is 80.9 cm³/mol. The number of hydrogen-bond acceptors (Lipinski definition) is 6. The van der Waals surface area contributed by atoms with Crippen molar-refractivity contribution in [2.75, 3.05) is 79.2 Å². The van der Waals surface area contributed by atoms with Gasteiger partial charge in [-0.15, -0.1) is 0 Å². The van der Waals surface area contributed by atoms with E-state index in [9.17, 15) is 4.79 Å². The number of ether oxygens (including phenoxy) is 5. The summed E-state index contributed by atoms with van der Waals surface area (Å²) < 4.78 is 27.0. The number of amides is 1. The van der Waals surface area contributed by atoms with Crippen molar-refractivity contribution >= 4 is 5.91 Å². The van der Waals surface area contributed by atoms with Gasteiger partial charge >= 0.3 is 0 Å². The van der Waals surface area contributed by atoms with Gasteiger partial charge in [-0.3, -0.25) is 4.79 Å². The van der Waals surface area contributed by atoms with Gasteiger partial charge in [-0.1, -0.05) is 6.58 Å². The van der Waals surface area contributed by atoms with Crippen molar-refractivity contribution in [3.05, 3.63) is 12.7 Å². The largest absolute Gasteiger partial charge is 0.377 e. The first-order valence-electron chi connectivity index (χ1n) is 7.64. The first-order chi connectivity index (χ1) is 10.8. The molecule has 0 atom stereocenters. The smallest absolute Gasteiger partial charge is 0.246 e. The van der Waals surface area contributed by atoms with E-state index in [-0.39, 0.29) is 5.91 Å². The van der Waals surface area contributed by atoms with Gasteiger partial charge < -0.3 is 28.6 Å². The van der Waals surface area contributed by atoms with Gasteiger partial charge in [0.1, 0.15) is 0 Å². The van der Waals surface area contributed by atoms with Gasteiger partial charge in [0.05, 0.1) is 66.1 Å². The normalized spacial score (nSPS) is 21.5. The van der Waals surface area contributed by atoms with Crippen molar-refractivity contribution in [1.29, 1.82) is 0 Å². The second-order valence-corrected chi connectivity index (χ2v) is 4.59. The minimum absolute atomic E-state index is 0.119. The molecule has 1 aliphatic heterocycles. The summed E-state index contributed by atoms with van der Waals surface area (Å²) in [5.74, 6) is -0.119. The molecule has 0 aromatic carbocycles. The number of hydrogen-bond donors (Lipinski definition) is 0. The Hall–Kier alpha value is -0.990. The lowest BCUT2D eigenvalue weighted by molar-refractivity contribution is -0.127. The van der Waals surface area contributed by atoms with Crippen LogP contribution in [0.4, 0.5) is 0 Å². The molecular formula is C15H27NO6. The molecule has 0 spiro atoms. The maximum absolute atomic E-state index is 11.7. The minimum atomic E-state index is -0.119. The Bertz CT molecular complexity index is 282. The maximum atomic E-state index is 11.7. The molecule has 128 valence electrons. The van der Waals surface area contributed by atoms with Crippen LogP contribution in [0, 0.1) is 0 Å². The Kier molecular flexibility index (Phi) is 11.8. The molecule has 1 aliphatic rings. The summed E-state index contributed by atoms with van der Waals surface area (Å²) in [5, 5.41) is 0. The van der Waals surface area contributed by atoms with E-state index >= 15 is 0 Å². The Morgan fingerprint density at radius 3 is 1.32 bits per heavy atom. The van der Waals surface area contributed by atoms with E-state index < -0.39 is 0 Å². The molecule has 1 heterocycles. The molecule has 0 aliphatic carbocycles. The third-order valence-electron chi connectivity index (χ3n) is 2.99. The van der Waals surface area contributed by atoms with Gasteiger partial charge in [0.25, 0.3) is 0 Å². The monoisotopic (exact) mass is 317 g/mol. The van der Waals surface area contributed by atoms with E-state index in [4.69, 9.17) is 23.7 Å². The van der Waals surface area contributed by atoms with E-state index in [1.165, 1.54) is 6.08 Å². The molecule has 0 unspecified atom stereocenters. The van der Waals surface area contributed by atoms with Crippen molar-refractivity contribution in [3.63, 3.8) is 0 Å². The van der Waals surface area contributed by atoms with Crippen LogP contribution in [0.1, 0.15) is 0 Å². The van der Waals surface area contributed by atoms with Gasteiger partial charge in [0, 0.05) is 13.1 Å². The van der Waals surface area contributed by atoms with Crippen LogP contribution in [0.25, 0.3) is 0 Å². The Morgan fingerprint density at radius 1 is 0.682 bits per heavy atom. The fraction of sp³-hybridized carbons (Fsp3) is 0.800. The van der Waals surface area contributed by atoms with E-state index in [0.717, 1.165) is 0 Å².